The Bertz CT molecular complexity index is 1750. The van der Waals surface area contributed by atoms with Crippen molar-refractivity contribution in [3.05, 3.63) is 120 Å². The third-order valence-electron chi connectivity index (χ3n) is 6.84. The SMILES string of the molecule is Nc1ncnc2c1cnn2[C@@H]1O[C@H](COC(=O)c2ccccc2)C(OC(=O)c2ccccc2)C1OC(=O)c1ccccc1. The molecule has 43 heavy (non-hydrogen) atoms. The summed E-state index contributed by atoms with van der Waals surface area (Å²) in [5.74, 6) is -1.80. The Hall–Kier alpha value is -5.62. The van der Waals surface area contributed by atoms with Crippen LogP contribution in [0, 0.1) is 0 Å². The molecule has 2 N–H and O–H groups in total. The maximum absolute atomic E-state index is 13.3. The normalized spacial score (nSPS) is 19.5. The number of nitrogen functional groups attached to an aromatic ring is 1. The molecule has 0 aliphatic carbocycles. The number of rotatable bonds is 8. The predicted octanol–water partition coefficient (Wildman–Crippen LogP) is 3.61. The summed E-state index contributed by atoms with van der Waals surface area (Å²) in [6.45, 7) is -0.327. The summed E-state index contributed by atoms with van der Waals surface area (Å²) in [5, 5.41) is 4.83. The van der Waals surface area contributed by atoms with Crippen molar-refractivity contribution in [1.29, 1.82) is 0 Å². The second-order valence-electron chi connectivity index (χ2n) is 9.59. The van der Waals surface area contributed by atoms with Crippen LogP contribution in [-0.2, 0) is 18.9 Å². The molecule has 1 aliphatic heterocycles. The maximum atomic E-state index is 13.3. The van der Waals surface area contributed by atoms with Gasteiger partial charge >= 0.3 is 17.9 Å². The minimum Gasteiger partial charge on any atom is -0.459 e. The van der Waals surface area contributed by atoms with E-state index in [0.29, 0.717) is 16.6 Å². The first kappa shape index (κ1) is 27.5. The number of nitrogens with two attached hydrogens (primary N) is 1. The standard InChI is InChI=1S/C31H25N5O7/c32-26-22-16-35-36(27(22)34-18-33-26)28-25(43-31(39)21-14-8-3-9-15-21)24(42-30(38)20-12-6-2-7-13-20)23(41-28)17-40-29(37)19-10-4-1-5-11-19/h1-16,18,23-25,28H,17H2,(H2,32,33,34)/t23-,24?,25?,28-/m1/s1. The van der Waals surface area contributed by atoms with Gasteiger partial charge in [0.25, 0.3) is 0 Å². The third-order valence-corrected chi connectivity index (χ3v) is 6.84. The van der Waals surface area contributed by atoms with Gasteiger partial charge in [-0.3, -0.25) is 0 Å². The van der Waals surface area contributed by atoms with E-state index in [2.05, 4.69) is 15.1 Å². The lowest BCUT2D eigenvalue weighted by molar-refractivity contribution is -0.0654. The quantitative estimate of drug-likeness (QED) is 0.211. The van der Waals surface area contributed by atoms with Gasteiger partial charge in [0.05, 0.1) is 28.3 Å². The Morgan fingerprint density at radius 2 is 1.28 bits per heavy atom. The van der Waals surface area contributed by atoms with Crippen LogP contribution in [0.2, 0.25) is 0 Å². The van der Waals surface area contributed by atoms with Crippen LogP contribution in [0.25, 0.3) is 11.0 Å². The van der Waals surface area contributed by atoms with Gasteiger partial charge in [-0.25, -0.2) is 29.0 Å². The molecular formula is C31H25N5O7. The number of hydrogen-bond acceptors (Lipinski definition) is 11. The molecule has 1 fully saturated rings. The van der Waals surface area contributed by atoms with Gasteiger partial charge < -0.3 is 24.7 Å². The van der Waals surface area contributed by atoms with E-state index >= 15 is 0 Å². The van der Waals surface area contributed by atoms with Crippen LogP contribution < -0.4 is 5.73 Å². The lowest BCUT2D eigenvalue weighted by Crippen LogP contribution is -2.41. The van der Waals surface area contributed by atoms with E-state index in [4.69, 9.17) is 24.7 Å². The van der Waals surface area contributed by atoms with Crippen molar-refractivity contribution >= 4 is 34.8 Å². The van der Waals surface area contributed by atoms with E-state index in [1.54, 1.807) is 91.0 Å². The summed E-state index contributed by atoms with van der Waals surface area (Å²) in [4.78, 5) is 47.7. The Kier molecular flexibility index (Phi) is 7.74. The topological polar surface area (TPSA) is 158 Å². The van der Waals surface area contributed by atoms with Gasteiger partial charge in [-0.2, -0.15) is 5.10 Å². The first-order valence-corrected chi connectivity index (χ1v) is 13.3. The van der Waals surface area contributed by atoms with E-state index in [0.717, 1.165) is 0 Å². The largest absolute Gasteiger partial charge is 0.459 e. The second kappa shape index (κ2) is 12.1. The number of carbonyl (C=O) groups is 3. The second-order valence-corrected chi connectivity index (χ2v) is 9.59. The summed E-state index contributed by atoms with van der Waals surface area (Å²) in [5.41, 5.74) is 7.19. The Balaban J connectivity index is 1.37. The van der Waals surface area contributed by atoms with Crippen molar-refractivity contribution in [2.75, 3.05) is 12.3 Å². The van der Waals surface area contributed by atoms with Gasteiger partial charge in [0, 0.05) is 0 Å². The molecule has 6 rings (SSSR count). The van der Waals surface area contributed by atoms with E-state index in [-0.39, 0.29) is 23.6 Å². The number of nitrogens with zero attached hydrogens (tertiary/aromatic N) is 4. The molecule has 4 atom stereocenters. The molecule has 12 heteroatoms. The van der Waals surface area contributed by atoms with Gasteiger partial charge in [-0.1, -0.05) is 54.6 Å². The highest BCUT2D eigenvalue weighted by Crippen LogP contribution is 2.36. The molecule has 3 aromatic carbocycles. The fraction of sp³-hybridized carbons (Fsp3) is 0.161. The van der Waals surface area contributed by atoms with Crippen LogP contribution in [0.5, 0.6) is 0 Å². The Morgan fingerprint density at radius 3 is 1.86 bits per heavy atom. The average Bonchev–Trinajstić information content (AvgIpc) is 3.63. The number of anilines is 1. The molecule has 0 amide bonds. The zero-order valence-electron chi connectivity index (χ0n) is 22.6. The average molecular weight is 580 g/mol. The summed E-state index contributed by atoms with van der Waals surface area (Å²) in [7, 11) is 0. The zero-order valence-corrected chi connectivity index (χ0v) is 22.6. The highest BCUT2D eigenvalue weighted by atomic mass is 16.7. The lowest BCUT2D eigenvalue weighted by Gasteiger charge is -2.24. The molecule has 5 aromatic rings. The molecule has 1 aliphatic rings. The number of esters is 3. The van der Waals surface area contributed by atoms with E-state index < -0.39 is 42.4 Å². The van der Waals surface area contributed by atoms with Crippen molar-refractivity contribution in [3.8, 4) is 0 Å². The monoisotopic (exact) mass is 579 g/mol. The van der Waals surface area contributed by atoms with Crippen LogP contribution in [0.1, 0.15) is 37.3 Å². The molecule has 1 saturated heterocycles. The first-order chi connectivity index (χ1) is 21.0. The van der Waals surface area contributed by atoms with Crippen LogP contribution in [0.3, 0.4) is 0 Å². The first-order valence-electron chi connectivity index (χ1n) is 13.3. The van der Waals surface area contributed by atoms with Crippen molar-refractivity contribution in [2.24, 2.45) is 0 Å². The van der Waals surface area contributed by atoms with Crippen molar-refractivity contribution in [2.45, 2.75) is 24.5 Å². The van der Waals surface area contributed by atoms with Crippen LogP contribution in [0.4, 0.5) is 5.82 Å². The molecule has 0 radical (unpaired) electrons. The molecule has 0 saturated carbocycles. The molecule has 12 nitrogen and oxygen atoms in total. The fourth-order valence-corrected chi connectivity index (χ4v) is 4.72. The number of fused-ring (bicyclic) bond motifs is 1. The summed E-state index contributed by atoms with van der Waals surface area (Å²) in [6, 6.07) is 25.1. The number of carbonyl (C=O) groups excluding carboxylic acids is 3. The van der Waals surface area contributed by atoms with Gasteiger partial charge in [0.2, 0.25) is 0 Å². The maximum Gasteiger partial charge on any atom is 0.338 e. The molecule has 0 bridgehead atoms. The summed E-state index contributed by atoms with van der Waals surface area (Å²) in [6.07, 6.45) is -1.93. The number of benzene rings is 3. The van der Waals surface area contributed by atoms with Crippen LogP contribution in [0.15, 0.2) is 104 Å². The van der Waals surface area contributed by atoms with Gasteiger partial charge in [-0.05, 0) is 36.4 Å². The van der Waals surface area contributed by atoms with Crippen molar-refractivity contribution in [3.63, 3.8) is 0 Å². The van der Waals surface area contributed by atoms with E-state index in [1.165, 1.54) is 17.2 Å². The van der Waals surface area contributed by atoms with Gasteiger partial charge in [0.1, 0.15) is 24.9 Å². The number of ether oxygens (including phenoxy) is 4. The van der Waals surface area contributed by atoms with E-state index in [1.807, 2.05) is 0 Å². The smallest absolute Gasteiger partial charge is 0.338 e. The molecule has 2 aromatic heterocycles. The van der Waals surface area contributed by atoms with Crippen molar-refractivity contribution in [1.82, 2.24) is 19.7 Å². The molecule has 0 spiro atoms. The van der Waals surface area contributed by atoms with Crippen LogP contribution >= 0.6 is 0 Å². The Labute approximate surface area is 245 Å². The van der Waals surface area contributed by atoms with Crippen LogP contribution in [-0.4, -0.2) is 62.6 Å². The molecule has 2 unspecified atom stereocenters. The predicted molar refractivity (Wildman–Crippen MR) is 152 cm³/mol. The lowest BCUT2D eigenvalue weighted by atomic mass is 10.1. The zero-order chi connectivity index (χ0) is 29.8. The van der Waals surface area contributed by atoms with Gasteiger partial charge in [-0.15, -0.1) is 0 Å². The summed E-state index contributed by atoms with van der Waals surface area (Å²) < 4.78 is 25.1. The Morgan fingerprint density at radius 1 is 0.744 bits per heavy atom. The van der Waals surface area contributed by atoms with Gasteiger partial charge in [0.15, 0.2) is 24.1 Å². The molecular weight excluding hydrogens is 554 g/mol. The molecule has 216 valence electrons. The third kappa shape index (κ3) is 5.76. The highest BCUT2D eigenvalue weighted by Gasteiger charge is 2.52. The number of aromatic nitrogens is 4. The fourth-order valence-electron chi connectivity index (χ4n) is 4.72. The summed E-state index contributed by atoms with van der Waals surface area (Å²) >= 11 is 0. The van der Waals surface area contributed by atoms with E-state index in [9.17, 15) is 14.4 Å². The number of hydrogen-bond donors (Lipinski definition) is 1. The minimum absolute atomic E-state index is 0.187. The molecule has 3 heterocycles. The minimum atomic E-state index is -1.24. The highest BCUT2D eigenvalue weighted by molar-refractivity contribution is 5.91. The van der Waals surface area contributed by atoms with Crippen molar-refractivity contribution < 1.29 is 33.3 Å².